The van der Waals surface area contributed by atoms with Gasteiger partial charge in [0.1, 0.15) is 0 Å². The first-order valence-electron chi connectivity index (χ1n) is 7.79. The Hall–Kier alpha value is -3.40. The first-order valence-corrected chi connectivity index (χ1v) is 7.79. The van der Waals surface area contributed by atoms with Crippen molar-refractivity contribution in [1.29, 1.82) is 0 Å². The van der Waals surface area contributed by atoms with E-state index in [1.165, 1.54) is 24.3 Å². The molecule has 4 heteroatoms. The van der Waals surface area contributed by atoms with E-state index in [0.29, 0.717) is 5.56 Å². The fraction of sp³-hybridized carbons (Fsp3) is 0.0476. The smallest absolute Gasteiger partial charge is 0.339 e. The Morgan fingerprint density at radius 1 is 0.680 bits per heavy atom. The van der Waals surface area contributed by atoms with Gasteiger partial charge in [-0.05, 0) is 35.4 Å². The van der Waals surface area contributed by atoms with Crippen molar-refractivity contribution in [2.75, 3.05) is 0 Å². The summed E-state index contributed by atoms with van der Waals surface area (Å²) in [5, 5.41) is 8.94. The van der Waals surface area contributed by atoms with Gasteiger partial charge < -0.3 is 9.84 Å². The molecule has 25 heavy (non-hydrogen) atoms. The summed E-state index contributed by atoms with van der Waals surface area (Å²) in [6.45, 7) is 0. The van der Waals surface area contributed by atoms with Crippen LogP contribution < -0.4 is 0 Å². The molecular weight excluding hydrogens is 316 g/mol. The summed E-state index contributed by atoms with van der Waals surface area (Å²) >= 11 is 0. The van der Waals surface area contributed by atoms with Gasteiger partial charge in [0.15, 0.2) is 6.10 Å². The standard InChI is InChI=1S/C21H16O4/c22-20(23)17-11-13-18(14-12-17)21(24)25-19(15-7-3-1-4-8-15)16-9-5-2-6-10-16/h1-14,19H,(H,22,23). The fourth-order valence-electron chi connectivity index (χ4n) is 2.51. The van der Waals surface area contributed by atoms with E-state index in [9.17, 15) is 9.59 Å². The highest BCUT2D eigenvalue weighted by atomic mass is 16.5. The topological polar surface area (TPSA) is 63.6 Å². The predicted molar refractivity (Wildman–Crippen MR) is 93.5 cm³/mol. The number of carboxylic acids is 1. The molecule has 124 valence electrons. The van der Waals surface area contributed by atoms with Crippen LogP contribution in [0, 0.1) is 0 Å². The maximum Gasteiger partial charge on any atom is 0.339 e. The molecule has 0 fully saturated rings. The molecule has 3 aromatic carbocycles. The van der Waals surface area contributed by atoms with Gasteiger partial charge in [-0.1, -0.05) is 60.7 Å². The third kappa shape index (κ3) is 3.93. The number of benzene rings is 3. The van der Waals surface area contributed by atoms with E-state index in [1.54, 1.807) is 0 Å². The van der Waals surface area contributed by atoms with E-state index in [0.717, 1.165) is 11.1 Å². The van der Waals surface area contributed by atoms with Crippen LogP contribution in [0.1, 0.15) is 37.9 Å². The zero-order valence-electron chi connectivity index (χ0n) is 13.3. The Balaban J connectivity index is 1.87. The van der Waals surface area contributed by atoms with Crippen molar-refractivity contribution in [3.05, 3.63) is 107 Å². The Labute approximate surface area is 145 Å². The minimum absolute atomic E-state index is 0.124. The molecule has 0 unspecified atom stereocenters. The van der Waals surface area contributed by atoms with Crippen molar-refractivity contribution in [3.63, 3.8) is 0 Å². The zero-order chi connectivity index (χ0) is 17.6. The van der Waals surface area contributed by atoms with Gasteiger partial charge in [0.25, 0.3) is 0 Å². The second-order valence-electron chi connectivity index (χ2n) is 5.49. The van der Waals surface area contributed by atoms with Crippen LogP contribution in [0.2, 0.25) is 0 Å². The summed E-state index contributed by atoms with van der Waals surface area (Å²) in [5.74, 6) is -1.54. The van der Waals surface area contributed by atoms with Crippen molar-refractivity contribution >= 4 is 11.9 Å². The number of carbonyl (C=O) groups excluding carboxylic acids is 1. The first kappa shape index (κ1) is 16.5. The number of carbonyl (C=O) groups is 2. The maximum atomic E-state index is 12.5. The largest absolute Gasteiger partial charge is 0.478 e. The third-order valence-electron chi connectivity index (χ3n) is 3.80. The summed E-state index contributed by atoms with van der Waals surface area (Å²) < 4.78 is 5.72. The van der Waals surface area contributed by atoms with Gasteiger partial charge in [-0.3, -0.25) is 0 Å². The average Bonchev–Trinajstić information content (AvgIpc) is 2.67. The number of hydrogen-bond donors (Lipinski definition) is 1. The molecule has 4 nitrogen and oxygen atoms in total. The molecule has 0 heterocycles. The van der Waals surface area contributed by atoms with Crippen LogP contribution in [0.4, 0.5) is 0 Å². The lowest BCUT2D eigenvalue weighted by Crippen LogP contribution is -2.13. The highest BCUT2D eigenvalue weighted by Crippen LogP contribution is 2.27. The molecule has 3 rings (SSSR count). The number of carboxylic acid groups (broad SMARTS) is 1. The molecular formula is C21H16O4. The molecule has 1 N–H and O–H groups in total. The summed E-state index contributed by atoms with van der Waals surface area (Å²) in [7, 11) is 0. The van der Waals surface area contributed by atoms with E-state index in [-0.39, 0.29) is 5.56 Å². The second-order valence-corrected chi connectivity index (χ2v) is 5.49. The summed E-state index contributed by atoms with van der Waals surface area (Å²) in [6.07, 6.45) is -0.533. The number of hydrogen-bond acceptors (Lipinski definition) is 3. The molecule has 0 saturated carbocycles. The Kier molecular flexibility index (Phi) is 4.90. The molecule has 0 radical (unpaired) electrons. The normalized spacial score (nSPS) is 10.4. The van der Waals surface area contributed by atoms with Crippen LogP contribution in [-0.4, -0.2) is 17.0 Å². The Morgan fingerprint density at radius 3 is 1.56 bits per heavy atom. The number of ether oxygens (including phenoxy) is 1. The fourth-order valence-corrected chi connectivity index (χ4v) is 2.51. The quantitative estimate of drug-likeness (QED) is 0.706. The van der Waals surface area contributed by atoms with Gasteiger partial charge in [-0.2, -0.15) is 0 Å². The van der Waals surface area contributed by atoms with Crippen LogP contribution in [0.5, 0.6) is 0 Å². The molecule has 0 bridgehead atoms. The van der Waals surface area contributed by atoms with Crippen molar-refractivity contribution in [1.82, 2.24) is 0 Å². The summed E-state index contributed by atoms with van der Waals surface area (Å²) in [4.78, 5) is 23.4. The number of rotatable bonds is 5. The molecule has 0 spiro atoms. The third-order valence-corrected chi connectivity index (χ3v) is 3.80. The Bertz CT molecular complexity index is 816. The zero-order valence-corrected chi connectivity index (χ0v) is 13.3. The van der Waals surface area contributed by atoms with Gasteiger partial charge in [-0.15, -0.1) is 0 Å². The molecule has 3 aromatic rings. The van der Waals surface area contributed by atoms with Crippen molar-refractivity contribution in [2.24, 2.45) is 0 Å². The van der Waals surface area contributed by atoms with Crippen LogP contribution >= 0.6 is 0 Å². The second kappa shape index (κ2) is 7.45. The van der Waals surface area contributed by atoms with Crippen LogP contribution in [0.15, 0.2) is 84.9 Å². The minimum Gasteiger partial charge on any atom is -0.478 e. The maximum absolute atomic E-state index is 12.5. The average molecular weight is 332 g/mol. The van der Waals surface area contributed by atoms with E-state index in [4.69, 9.17) is 9.84 Å². The Morgan fingerprint density at radius 2 is 1.12 bits per heavy atom. The molecule has 0 amide bonds. The molecule has 0 aliphatic rings. The minimum atomic E-state index is -1.04. The van der Waals surface area contributed by atoms with Crippen molar-refractivity contribution < 1.29 is 19.4 Å². The van der Waals surface area contributed by atoms with Crippen molar-refractivity contribution in [3.8, 4) is 0 Å². The van der Waals surface area contributed by atoms with Crippen LogP contribution in [-0.2, 0) is 4.74 Å². The first-order chi connectivity index (χ1) is 12.1. The van der Waals surface area contributed by atoms with E-state index >= 15 is 0 Å². The highest BCUT2D eigenvalue weighted by molar-refractivity contribution is 5.92. The van der Waals surface area contributed by atoms with Crippen molar-refractivity contribution in [2.45, 2.75) is 6.10 Å². The van der Waals surface area contributed by atoms with E-state index in [1.807, 2.05) is 60.7 Å². The molecule has 0 aliphatic heterocycles. The van der Waals surface area contributed by atoms with Gasteiger partial charge in [0.2, 0.25) is 0 Å². The van der Waals surface area contributed by atoms with Gasteiger partial charge in [0.05, 0.1) is 11.1 Å². The lowest BCUT2D eigenvalue weighted by Gasteiger charge is -2.19. The number of aromatic carboxylic acids is 1. The summed E-state index contributed by atoms with van der Waals surface area (Å²) in [6, 6.07) is 24.7. The lowest BCUT2D eigenvalue weighted by molar-refractivity contribution is 0.0377. The van der Waals surface area contributed by atoms with E-state index in [2.05, 4.69) is 0 Å². The molecule has 0 aromatic heterocycles. The number of esters is 1. The lowest BCUT2D eigenvalue weighted by atomic mass is 10.0. The SMILES string of the molecule is O=C(O)c1ccc(C(=O)OC(c2ccccc2)c2ccccc2)cc1. The van der Waals surface area contributed by atoms with E-state index < -0.39 is 18.0 Å². The van der Waals surface area contributed by atoms with Gasteiger partial charge >= 0.3 is 11.9 Å². The van der Waals surface area contributed by atoms with Crippen LogP contribution in [0.3, 0.4) is 0 Å². The van der Waals surface area contributed by atoms with Gasteiger partial charge in [-0.25, -0.2) is 9.59 Å². The molecule has 0 aliphatic carbocycles. The van der Waals surface area contributed by atoms with Crippen LogP contribution in [0.25, 0.3) is 0 Å². The molecule has 0 saturated heterocycles. The van der Waals surface area contributed by atoms with Gasteiger partial charge in [0, 0.05) is 0 Å². The predicted octanol–water partition coefficient (Wildman–Crippen LogP) is 4.33. The molecule has 0 atom stereocenters. The highest BCUT2D eigenvalue weighted by Gasteiger charge is 2.20. The monoisotopic (exact) mass is 332 g/mol. The summed E-state index contributed by atoms with van der Waals surface area (Å²) in [5.41, 5.74) is 2.16.